The van der Waals surface area contributed by atoms with Gasteiger partial charge in [0.2, 0.25) is 10.0 Å². The van der Waals surface area contributed by atoms with Crippen LogP contribution in [0.25, 0.3) is 0 Å². The minimum absolute atomic E-state index is 0.243. The quantitative estimate of drug-likeness (QED) is 0.842. The monoisotopic (exact) mass is 312 g/mol. The summed E-state index contributed by atoms with van der Waals surface area (Å²) < 4.78 is 26.8. The highest BCUT2D eigenvalue weighted by Crippen LogP contribution is 2.19. The van der Waals surface area contributed by atoms with Crippen LogP contribution in [0.3, 0.4) is 0 Å². The van der Waals surface area contributed by atoms with Crippen molar-refractivity contribution in [1.29, 1.82) is 0 Å². The van der Waals surface area contributed by atoms with Gasteiger partial charge in [0, 0.05) is 17.0 Å². The summed E-state index contributed by atoms with van der Waals surface area (Å²) >= 11 is 2.66. The summed E-state index contributed by atoms with van der Waals surface area (Å²) in [6, 6.07) is 5.15. The van der Waals surface area contributed by atoms with Crippen LogP contribution in [0.2, 0.25) is 0 Å². The molecule has 19 heavy (non-hydrogen) atoms. The van der Waals surface area contributed by atoms with Crippen LogP contribution in [0.5, 0.6) is 0 Å². The van der Waals surface area contributed by atoms with Crippen molar-refractivity contribution in [2.45, 2.75) is 10.8 Å². The van der Waals surface area contributed by atoms with Crippen molar-refractivity contribution in [1.82, 2.24) is 4.72 Å². The molecule has 0 amide bonds. The van der Waals surface area contributed by atoms with Crippen LogP contribution in [0.15, 0.2) is 33.2 Å². The topological polar surface area (TPSA) is 72.2 Å². The Balaban J connectivity index is 2.10. The van der Waals surface area contributed by atoms with Gasteiger partial charge in [-0.3, -0.25) is 0 Å². The van der Waals surface area contributed by atoms with E-state index in [1.165, 1.54) is 22.7 Å². The van der Waals surface area contributed by atoms with E-state index in [9.17, 15) is 8.42 Å². The second kappa shape index (κ2) is 6.32. The van der Waals surface area contributed by atoms with Crippen LogP contribution in [-0.4, -0.2) is 15.0 Å². The summed E-state index contributed by atoms with van der Waals surface area (Å²) in [5.41, 5.74) is 6.15. The second-order valence-electron chi connectivity index (χ2n) is 3.52. The molecule has 2 heterocycles. The fraction of sp³-hybridized carbons (Fsp3) is 0.167. The Kier molecular flexibility index (Phi) is 4.74. The van der Waals surface area contributed by atoms with Crippen molar-refractivity contribution in [2.75, 3.05) is 6.54 Å². The van der Waals surface area contributed by atoms with Gasteiger partial charge in [0.05, 0.1) is 6.54 Å². The van der Waals surface area contributed by atoms with Crippen LogP contribution in [0.1, 0.15) is 10.4 Å². The van der Waals surface area contributed by atoms with Crippen molar-refractivity contribution in [3.63, 3.8) is 0 Å². The van der Waals surface area contributed by atoms with E-state index in [0.29, 0.717) is 4.21 Å². The molecule has 0 spiro atoms. The summed E-state index contributed by atoms with van der Waals surface area (Å²) in [6.07, 6.45) is 0. The van der Waals surface area contributed by atoms with Crippen LogP contribution >= 0.6 is 22.7 Å². The normalized spacial score (nSPS) is 11.0. The molecule has 0 aliphatic heterocycles. The van der Waals surface area contributed by atoms with E-state index in [4.69, 9.17) is 5.73 Å². The molecule has 2 aromatic heterocycles. The maximum absolute atomic E-state index is 12.0. The first-order valence-electron chi connectivity index (χ1n) is 5.42. The van der Waals surface area contributed by atoms with Crippen LogP contribution < -0.4 is 10.5 Å². The first kappa shape index (κ1) is 14.2. The van der Waals surface area contributed by atoms with Gasteiger partial charge in [0.1, 0.15) is 4.21 Å². The largest absolute Gasteiger partial charge is 0.320 e. The summed E-state index contributed by atoms with van der Waals surface area (Å²) in [4.78, 5) is 0.890. The zero-order valence-corrected chi connectivity index (χ0v) is 12.4. The van der Waals surface area contributed by atoms with Gasteiger partial charge in [0.15, 0.2) is 0 Å². The lowest BCUT2D eigenvalue weighted by Crippen LogP contribution is -2.22. The van der Waals surface area contributed by atoms with Crippen molar-refractivity contribution in [3.05, 3.63) is 39.4 Å². The summed E-state index contributed by atoms with van der Waals surface area (Å²) in [5.74, 6) is 5.69. The number of hydrogen-bond donors (Lipinski definition) is 2. The summed E-state index contributed by atoms with van der Waals surface area (Å²) in [5, 5.41) is 3.62. The molecule has 0 atom stereocenters. The predicted molar refractivity (Wildman–Crippen MR) is 78.6 cm³/mol. The van der Waals surface area contributed by atoms with E-state index in [1.54, 1.807) is 17.5 Å². The molecule has 2 aromatic rings. The van der Waals surface area contributed by atoms with Gasteiger partial charge in [-0.15, -0.1) is 22.7 Å². The third-order valence-electron chi connectivity index (χ3n) is 2.25. The highest BCUT2D eigenvalue weighted by atomic mass is 32.2. The molecule has 0 fully saturated rings. The minimum atomic E-state index is -3.43. The first-order chi connectivity index (χ1) is 9.13. The molecule has 7 heteroatoms. The lowest BCUT2D eigenvalue weighted by atomic mass is 10.2. The Morgan fingerprint density at radius 2 is 2.11 bits per heavy atom. The Bertz CT molecular complexity index is 691. The van der Waals surface area contributed by atoms with E-state index in [0.717, 1.165) is 10.4 Å². The van der Waals surface area contributed by atoms with Gasteiger partial charge in [0.25, 0.3) is 0 Å². The summed E-state index contributed by atoms with van der Waals surface area (Å²) in [7, 11) is -3.43. The standard InChI is InChI=1S/C12H12N2O2S3/c13-6-1-3-10-5-8-17-11(10)9-14-19(15,16)12-4-2-7-18-12/h2,4-5,7-8,14H,6,9,13H2. The third kappa shape index (κ3) is 3.65. The number of nitrogens with two attached hydrogens (primary N) is 1. The van der Waals surface area contributed by atoms with Crippen molar-refractivity contribution in [3.8, 4) is 11.8 Å². The molecular formula is C12H12N2O2S3. The molecule has 0 saturated heterocycles. The smallest absolute Gasteiger partial charge is 0.250 e. The molecule has 0 radical (unpaired) electrons. The molecule has 4 nitrogen and oxygen atoms in total. The molecule has 0 aromatic carbocycles. The van der Waals surface area contributed by atoms with E-state index in [1.807, 2.05) is 11.4 Å². The second-order valence-corrected chi connectivity index (χ2v) is 7.46. The third-order valence-corrected chi connectivity index (χ3v) is 5.97. The Morgan fingerprint density at radius 1 is 1.26 bits per heavy atom. The molecular weight excluding hydrogens is 300 g/mol. The van der Waals surface area contributed by atoms with E-state index in [2.05, 4.69) is 16.6 Å². The van der Waals surface area contributed by atoms with Gasteiger partial charge in [-0.25, -0.2) is 13.1 Å². The van der Waals surface area contributed by atoms with Gasteiger partial charge >= 0.3 is 0 Å². The zero-order valence-electron chi connectivity index (χ0n) is 9.92. The maximum Gasteiger partial charge on any atom is 0.250 e. The van der Waals surface area contributed by atoms with Gasteiger partial charge in [-0.05, 0) is 22.9 Å². The molecule has 0 saturated carbocycles. The lowest BCUT2D eigenvalue weighted by Gasteiger charge is -2.03. The van der Waals surface area contributed by atoms with E-state index < -0.39 is 10.0 Å². The molecule has 0 unspecified atom stereocenters. The SMILES string of the molecule is NCC#Cc1ccsc1CNS(=O)(=O)c1cccs1. The van der Waals surface area contributed by atoms with Crippen LogP contribution in [0.4, 0.5) is 0 Å². The number of thiophene rings is 2. The van der Waals surface area contributed by atoms with E-state index in [-0.39, 0.29) is 13.1 Å². The number of rotatable bonds is 4. The number of sulfonamides is 1. The fourth-order valence-electron chi connectivity index (χ4n) is 1.38. The fourth-order valence-corrected chi connectivity index (χ4v) is 4.28. The van der Waals surface area contributed by atoms with Gasteiger partial charge < -0.3 is 5.73 Å². The molecule has 2 rings (SSSR count). The van der Waals surface area contributed by atoms with E-state index >= 15 is 0 Å². The average Bonchev–Trinajstić information content (AvgIpc) is 3.05. The molecule has 100 valence electrons. The zero-order chi connectivity index (χ0) is 13.7. The first-order valence-corrected chi connectivity index (χ1v) is 8.66. The predicted octanol–water partition coefficient (Wildman–Crippen LogP) is 1.60. The van der Waals surface area contributed by atoms with Gasteiger partial charge in [-0.1, -0.05) is 17.9 Å². The molecule has 0 bridgehead atoms. The van der Waals surface area contributed by atoms with Crippen LogP contribution in [-0.2, 0) is 16.6 Å². The average molecular weight is 312 g/mol. The number of hydrogen-bond acceptors (Lipinski definition) is 5. The minimum Gasteiger partial charge on any atom is -0.320 e. The summed E-state index contributed by atoms with van der Waals surface area (Å²) in [6.45, 7) is 0.530. The number of nitrogens with one attached hydrogen (secondary N) is 1. The Labute approximate surface area is 120 Å². The highest BCUT2D eigenvalue weighted by molar-refractivity contribution is 7.91. The molecule has 0 aliphatic carbocycles. The van der Waals surface area contributed by atoms with Crippen molar-refractivity contribution >= 4 is 32.7 Å². The molecule has 0 aliphatic rings. The molecule has 3 N–H and O–H groups in total. The van der Waals surface area contributed by atoms with Crippen molar-refractivity contribution < 1.29 is 8.42 Å². The van der Waals surface area contributed by atoms with Crippen LogP contribution in [0, 0.1) is 11.8 Å². The maximum atomic E-state index is 12.0. The van der Waals surface area contributed by atoms with Gasteiger partial charge in [-0.2, -0.15) is 0 Å². The lowest BCUT2D eigenvalue weighted by molar-refractivity contribution is 0.584. The highest BCUT2D eigenvalue weighted by Gasteiger charge is 2.15. The Morgan fingerprint density at radius 3 is 2.79 bits per heavy atom. The Hall–Kier alpha value is -1.17. The van der Waals surface area contributed by atoms with Crippen molar-refractivity contribution in [2.24, 2.45) is 5.73 Å².